The number of rotatable bonds is 6. The molecule has 29 heavy (non-hydrogen) atoms. The Hall–Kier alpha value is -2.12. The second-order valence-corrected chi connectivity index (χ2v) is 9.40. The lowest BCUT2D eigenvalue weighted by atomic mass is 9.67. The fourth-order valence-corrected chi connectivity index (χ4v) is 4.38. The van der Waals surface area contributed by atoms with Gasteiger partial charge in [-0.05, 0) is 43.9 Å². The molecule has 1 aliphatic heterocycles. The van der Waals surface area contributed by atoms with Gasteiger partial charge >= 0.3 is 12.0 Å². The highest BCUT2D eigenvalue weighted by Gasteiger charge is 2.53. The van der Waals surface area contributed by atoms with Crippen LogP contribution in [-0.2, 0) is 19.1 Å². The summed E-state index contributed by atoms with van der Waals surface area (Å²) in [6.45, 7) is 10.3. The number of ether oxygens (including phenoxy) is 1. The molecule has 1 atom stereocenters. The van der Waals surface area contributed by atoms with Gasteiger partial charge in [0.05, 0.1) is 13.0 Å². The van der Waals surface area contributed by atoms with Crippen LogP contribution in [-0.4, -0.2) is 65.9 Å². The van der Waals surface area contributed by atoms with E-state index in [1.807, 2.05) is 0 Å². The Morgan fingerprint density at radius 2 is 1.86 bits per heavy atom. The molecular weight excluding hydrogens is 374 g/mol. The molecule has 2 rings (SSSR count). The first-order chi connectivity index (χ1) is 13.4. The Morgan fingerprint density at radius 3 is 2.34 bits per heavy atom. The number of hydrogen-bond acceptors (Lipinski definition) is 5. The van der Waals surface area contributed by atoms with Gasteiger partial charge in [-0.25, -0.2) is 4.79 Å². The van der Waals surface area contributed by atoms with E-state index in [-0.39, 0.29) is 30.3 Å². The first-order valence-electron chi connectivity index (χ1n) is 10.4. The van der Waals surface area contributed by atoms with E-state index in [4.69, 9.17) is 4.74 Å². The normalized spacial score (nSPS) is 25.7. The zero-order chi connectivity index (χ0) is 22.0. The van der Waals surface area contributed by atoms with Crippen molar-refractivity contribution in [1.29, 1.82) is 0 Å². The van der Waals surface area contributed by atoms with Crippen LogP contribution in [0.2, 0.25) is 0 Å². The number of carbonyl (C=O) groups excluding carboxylic acids is 4. The molecule has 1 N–H and O–H groups in total. The van der Waals surface area contributed by atoms with Crippen LogP contribution in [0.25, 0.3) is 0 Å². The number of amides is 4. The molecule has 2 fully saturated rings. The van der Waals surface area contributed by atoms with Crippen molar-refractivity contribution in [3.05, 3.63) is 0 Å². The number of urea groups is 1. The van der Waals surface area contributed by atoms with Gasteiger partial charge in [0.1, 0.15) is 12.1 Å². The number of nitrogens with one attached hydrogen (secondary N) is 1. The first kappa shape index (κ1) is 23.2. The largest absolute Gasteiger partial charge is 0.469 e. The van der Waals surface area contributed by atoms with Crippen molar-refractivity contribution in [3.8, 4) is 0 Å². The van der Waals surface area contributed by atoms with Gasteiger partial charge in [0.25, 0.3) is 5.91 Å². The minimum atomic E-state index is -0.879. The monoisotopic (exact) mass is 409 g/mol. The standard InChI is InChI=1S/C21H35N3O5/c1-7-23(12-14(2)17(26)29-6)16(25)13-24-18(27)21(22-19(24)28)10-8-15(9-11-21)20(3,4)5/h14-15H,7-13H2,1-6H3,(H,22,28). The summed E-state index contributed by atoms with van der Waals surface area (Å²) in [5, 5.41) is 2.86. The van der Waals surface area contributed by atoms with Gasteiger partial charge in [-0.2, -0.15) is 0 Å². The Bertz CT molecular complexity index is 662. The minimum absolute atomic E-state index is 0.168. The van der Waals surface area contributed by atoms with E-state index in [0.29, 0.717) is 25.3 Å². The second-order valence-electron chi connectivity index (χ2n) is 9.40. The number of imide groups is 1. The molecule has 0 aromatic carbocycles. The Balaban J connectivity index is 2.03. The average Bonchev–Trinajstić information content (AvgIpc) is 2.88. The zero-order valence-electron chi connectivity index (χ0n) is 18.5. The van der Waals surface area contributed by atoms with Crippen molar-refractivity contribution in [1.82, 2.24) is 15.1 Å². The number of hydrogen-bond donors (Lipinski definition) is 1. The van der Waals surface area contributed by atoms with E-state index in [0.717, 1.165) is 17.7 Å². The molecule has 2 aliphatic rings. The van der Waals surface area contributed by atoms with Crippen LogP contribution in [0.4, 0.5) is 4.79 Å². The molecule has 0 radical (unpaired) electrons. The van der Waals surface area contributed by atoms with Crippen LogP contribution >= 0.6 is 0 Å². The predicted molar refractivity (Wildman–Crippen MR) is 108 cm³/mol. The third-order valence-electron chi connectivity index (χ3n) is 6.44. The Morgan fingerprint density at radius 1 is 1.28 bits per heavy atom. The van der Waals surface area contributed by atoms with Crippen LogP contribution in [0.1, 0.15) is 60.3 Å². The minimum Gasteiger partial charge on any atom is -0.469 e. The van der Waals surface area contributed by atoms with E-state index in [2.05, 4.69) is 26.1 Å². The maximum atomic E-state index is 13.1. The quantitative estimate of drug-likeness (QED) is 0.536. The highest BCUT2D eigenvalue weighted by atomic mass is 16.5. The Labute approximate surface area is 173 Å². The first-order valence-corrected chi connectivity index (χ1v) is 10.4. The summed E-state index contributed by atoms with van der Waals surface area (Å²) in [7, 11) is 1.30. The van der Waals surface area contributed by atoms with E-state index in [1.165, 1.54) is 12.0 Å². The van der Waals surface area contributed by atoms with Crippen molar-refractivity contribution in [2.45, 2.75) is 65.8 Å². The summed E-state index contributed by atoms with van der Waals surface area (Å²) >= 11 is 0. The van der Waals surface area contributed by atoms with Crippen LogP contribution in [0.15, 0.2) is 0 Å². The molecule has 1 aliphatic carbocycles. The molecule has 0 aromatic rings. The van der Waals surface area contributed by atoms with Gasteiger partial charge in [-0.1, -0.05) is 27.7 Å². The van der Waals surface area contributed by atoms with Crippen molar-refractivity contribution < 1.29 is 23.9 Å². The summed E-state index contributed by atoms with van der Waals surface area (Å²) < 4.78 is 4.71. The second kappa shape index (κ2) is 8.71. The molecule has 8 nitrogen and oxygen atoms in total. The maximum Gasteiger partial charge on any atom is 0.325 e. The van der Waals surface area contributed by atoms with E-state index < -0.39 is 23.5 Å². The van der Waals surface area contributed by atoms with Gasteiger partial charge in [0.2, 0.25) is 5.91 Å². The number of carbonyl (C=O) groups is 4. The Kier molecular flexibility index (Phi) is 6.96. The van der Waals surface area contributed by atoms with Crippen molar-refractivity contribution in [3.63, 3.8) is 0 Å². The molecule has 1 saturated heterocycles. The van der Waals surface area contributed by atoms with Crippen molar-refractivity contribution in [2.24, 2.45) is 17.3 Å². The number of methoxy groups -OCH3 is 1. The lowest BCUT2D eigenvalue weighted by Gasteiger charge is -2.40. The third-order valence-corrected chi connectivity index (χ3v) is 6.44. The lowest BCUT2D eigenvalue weighted by molar-refractivity contribution is -0.147. The molecule has 1 heterocycles. The average molecular weight is 410 g/mol. The SMILES string of the molecule is CCN(CC(C)C(=O)OC)C(=O)CN1C(=O)NC2(CCC(C(C)(C)C)CC2)C1=O. The van der Waals surface area contributed by atoms with Gasteiger partial charge in [-0.15, -0.1) is 0 Å². The number of likely N-dealkylation sites (N-methyl/N-ethyl adjacent to an activating group) is 1. The van der Waals surface area contributed by atoms with Crippen molar-refractivity contribution in [2.75, 3.05) is 26.7 Å². The summed E-state index contributed by atoms with van der Waals surface area (Å²) in [4.78, 5) is 52.5. The lowest BCUT2D eigenvalue weighted by Crippen LogP contribution is -2.51. The fourth-order valence-electron chi connectivity index (χ4n) is 4.38. The molecule has 4 amide bonds. The number of nitrogens with zero attached hydrogens (tertiary/aromatic N) is 2. The summed E-state index contributed by atoms with van der Waals surface area (Å²) in [6, 6.07) is -0.505. The van der Waals surface area contributed by atoms with E-state index >= 15 is 0 Å². The van der Waals surface area contributed by atoms with Crippen LogP contribution < -0.4 is 5.32 Å². The van der Waals surface area contributed by atoms with Gasteiger partial charge in [0.15, 0.2) is 0 Å². The topological polar surface area (TPSA) is 96.0 Å². The van der Waals surface area contributed by atoms with Gasteiger partial charge in [-0.3, -0.25) is 19.3 Å². The summed E-state index contributed by atoms with van der Waals surface area (Å²) in [6.07, 6.45) is 2.94. The molecule has 8 heteroatoms. The molecule has 0 aromatic heterocycles. The van der Waals surface area contributed by atoms with Crippen LogP contribution in [0.5, 0.6) is 0 Å². The fraction of sp³-hybridized carbons (Fsp3) is 0.810. The van der Waals surface area contributed by atoms with Crippen molar-refractivity contribution >= 4 is 23.8 Å². The molecule has 164 valence electrons. The predicted octanol–water partition coefficient (Wildman–Crippen LogP) is 2.17. The molecule has 0 bridgehead atoms. The van der Waals surface area contributed by atoms with Crippen LogP contribution in [0, 0.1) is 17.3 Å². The van der Waals surface area contributed by atoms with Gasteiger partial charge < -0.3 is 15.0 Å². The maximum absolute atomic E-state index is 13.1. The highest BCUT2D eigenvalue weighted by Crippen LogP contribution is 2.43. The summed E-state index contributed by atoms with van der Waals surface area (Å²) in [5.41, 5.74) is -0.712. The van der Waals surface area contributed by atoms with Gasteiger partial charge in [0, 0.05) is 13.1 Å². The van der Waals surface area contributed by atoms with E-state index in [1.54, 1.807) is 13.8 Å². The highest BCUT2D eigenvalue weighted by molar-refractivity contribution is 6.09. The molecule has 1 saturated carbocycles. The third kappa shape index (κ3) is 4.90. The summed E-state index contributed by atoms with van der Waals surface area (Å²) in [5.74, 6) is -1.04. The molecule has 1 unspecified atom stereocenters. The van der Waals surface area contributed by atoms with E-state index in [9.17, 15) is 19.2 Å². The smallest absolute Gasteiger partial charge is 0.325 e. The zero-order valence-corrected chi connectivity index (χ0v) is 18.5. The molecular formula is C21H35N3O5. The number of esters is 1. The molecule has 1 spiro atoms. The van der Waals surface area contributed by atoms with Crippen LogP contribution in [0.3, 0.4) is 0 Å².